The van der Waals surface area contributed by atoms with E-state index in [1.165, 1.54) is 11.1 Å². The van der Waals surface area contributed by atoms with Crippen LogP contribution in [0.25, 0.3) is 16.6 Å². The molecule has 1 atom stereocenters. The first-order valence-corrected chi connectivity index (χ1v) is 11.6. The molecule has 0 aliphatic carbocycles. The number of Topliss-reactive ketones (excluding diaryl/α,β-unsaturated/α-hetero) is 1. The van der Waals surface area contributed by atoms with E-state index in [2.05, 4.69) is 52.8 Å². The Bertz CT molecular complexity index is 1280. The number of benzene rings is 3. The van der Waals surface area contributed by atoms with Gasteiger partial charge in [0.25, 0.3) is 0 Å². The molecular formula is C29H32N2O3. The Labute approximate surface area is 201 Å². The van der Waals surface area contributed by atoms with E-state index >= 15 is 0 Å². The number of fused-ring (bicyclic) bond motifs is 1. The van der Waals surface area contributed by atoms with E-state index in [1.54, 1.807) is 6.92 Å². The molecule has 3 aromatic carbocycles. The van der Waals surface area contributed by atoms with Crippen LogP contribution in [0.3, 0.4) is 0 Å². The van der Waals surface area contributed by atoms with Crippen molar-refractivity contribution in [2.24, 2.45) is 0 Å². The van der Waals surface area contributed by atoms with Gasteiger partial charge in [-0.1, -0.05) is 48.0 Å². The minimum Gasteiger partial charge on any atom is -0.491 e. The third-order valence-electron chi connectivity index (χ3n) is 6.08. The standard InChI is InChI=1S/C29H32N2O3/c1-20-10-12-24(13-11-20)31-21(2)29(22(3)32)27-16-26(14-15-28(27)31)34-19-25(33)18-30(4)17-23-8-6-5-7-9-23/h5-16,25,33H,17-19H2,1-4H3/t25-/m0/s1. The van der Waals surface area contributed by atoms with E-state index in [9.17, 15) is 9.90 Å². The van der Waals surface area contributed by atoms with E-state index < -0.39 is 6.10 Å². The summed E-state index contributed by atoms with van der Waals surface area (Å²) < 4.78 is 8.05. The summed E-state index contributed by atoms with van der Waals surface area (Å²) in [6, 6.07) is 24.2. The van der Waals surface area contributed by atoms with Gasteiger partial charge in [0.1, 0.15) is 18.5 Å². The van der Waals surface area contributed by atoms with Gasteiger partial charge in [-0.2, -0.15) is 0 Å². The monoisotopic (exact) mass is 456 g/mol. The van der Waals surface area contributed by atoms with Crippen LogP contribution in [0.5, 0.6) is 5.75 Å². The fourth-order valence-electron chi connectivity index (χ4n) is 4.52. The largest absolute Gasteiger partial charge is 0.491 e. The summed E-state index contributed by atoms with van der Waals surface area (Å²) in [5.74, 6) is 0.661. The Morgan fingerprint density at radius 1 is 1.03 bits per heavy atom. The summed E-state index contributed by atoms with van der Waals surface area (Å²) in [7, 11) is 1.98. The predicted octanol–water partition coefficient (Wildman–Crippen LogP) is 5.32. The minimum atomic E-state index is -0.629. The minimum absolute atomic E-state index is 0.0214. The van der Waals surface area contributed by atoms with Gasteiger partial charge >= 0.3 is 0 Å². The number of nitrogens with zero attached hydrogens (tertiary/aromatic N) is 2. The molecule has 0 saturated heterocycles. The number of carbonyl (C=O) groups is 1. The van der Waals surface area contributed by atoms with Crippen LogP contribution in [-0.2, 0) is 6.54 Å². The van der Waals surface area contributed by atoms with Crippen molar-refractivity contribution in [2.45, 2.75) is 33.4 Å². The number of aliphatic hydroxyl groups excluding tert-OH is 1. The van der Waals surface area contributed by atoms with Gasteiger partial charge in [-0.05, 0) is 63.7 Å². The molecule has 1 heterocycles. The van der Waals surface area contributed by atoms with Crippen molar-refractivity contribution in [1.29, 1.82) is 0 Å². The van der Waals surface area contributed by atoms with Crippen molar-refractivity contribution in [2.75, 3.05) is 20.2 Å². The van der Waals surface area contributed by atoms with Crippen molar-refractivity contribution in [3.05, 3.63) is 95.2 Å². The quantitative estimate of drug-likeness (QED) is 0.346. The van der Waals surface area contributed by atoms with Crippen LogP contribution in [0.1, 0.15) is 34.1 Å². The molecule has 4 rings (SSSR count). The smallest absolute Gasteiger partial charge is 0.162 e. The number of ether oxygens (including phenoxy) is 1. The van der Waals surface area contributed by atoms with Crippen molar-refractivity contribution in [3.8, 4) is 11.4 Å². The topological polar surface area (TPSA) is 54.7 Å². The Balaban J connectivity index is 1.51. The zero-order valence-electron chi connectivity index (χ0n) is 20.3. The van der Waals surface area contributed by atoms with Gasteiger partial charge in [0, 0.05) is 35.4 Å². The van der Waals surface area contributed by atoms with Crippen molar-refractivity contribution >= 4 is 16.7 Å². The summed E-state index contributed by atoms with van der Waals surface area (Å²) in [5.41, 5.74) is 5.98. The average Bonchev–Trinajstić information content (AvgIpc) is 3.10. The van der Waals surface area contributed by atoms with Crippen LogP contribution >= 0.6 is 0 Å². The number of likely N-dealkylation sites (N-methyl/N-ethyl adjacent to an activating group) is 1. The first-order valence-electron chi connectivity index (χ1n) is 11.6. The number of ketones is 1. The lowest BCUT2D eigenvalue weighted by Gasteiger charge is -2.21. The van der Waals surface area contributed by atoms with Gasteiger partial charge in [0.15, 0.2) is 5.78 Å². The second-order valence-electron chi connectivity index (χ2n) is 9.01. The van der Waals surface area contributed by atoms with Crippen LogP contribution < -0.4 is 4.74 Å². The highest BCUT2D eigenvalue weighted by Crippen LogP contribution is 2.32. The number of carbonyl (C=O) groups excluding carboxylic acids is 1. The lowest BCUT2D eigenvalue weighted by atomic mass is 10.1. The SMILES string of the molecule is CC(=O)c1c(C)n(-c2ccc(C)cc2)c2ccc(OC[C@@H](O)CN(C)Cc3ccccc3)cc12. The molecule has 176 valence electrons. The molecule has 5 heteroatoms. The van der Waals surface area contributed by atoms with Gasteiger partial charge in [-0.15, -0.1) is 0 Å². The van der Waals surface area contributed by atoms with Gasteiger partial charge < -0.3 is 14.4 Å². The van der Waals surface area contributed by atoms with Crippen molar-refractivity contribution in [1.82, 2.24) is 9.47 Å². The van der Waals surface area contributed by atoms with Crippen LogP contribution in [0.4, 0.5) is 0 Å². The van der Waals surface area contributed by atoms with E-state index in [0.717, 1.165) is 28.8 Å². The number of hydrogen-bond donors (Lipinski definition) is 1. The molecule has 5 nitrogen and oxygen atoms in total. The fourth-order valence-corrected chi connectivity index (χ4v) is 4.52. The predicted molar refractivity (Wildman–Crippen MR) is 137 cm³/mol. The van der Waals surface area contributed by atoms with Crippen LogP contribution in [-0.4, -0.2) is 46.7 Å². The first kappa shape index (κ1) is 23.7. The van der Waals surface area contributed by atoms with Crippen LogP contribution in [0.15, 0.2) is 72.8 Å². The number of aryl methyl sites for hydroxylation is 1. The molecule has 0 saturated carbocycles. The zero-order valence-corrected chi connectivity index (χ0v) is 20.3. The number of rotatable bonds is 9. The molecule has 4 aromatic rings. The second kappa shape index (κ2) is 10.2. The van der Waals surface area contributed by atoms with Crippen LogP contribution in [0, 0.1) is 13.8 Å². The lowest BCUT2D eigenvalue weighted by Crippen LogP contribution is -2.32. The normalized spacial score (nSPS) is 12.3. The molecule has 0 spiro atoms. The number of hydrogen-bond acceptors (Lipinski definition) is 4. The highest BCUT2D eigenvalue weighted by molar-refractivity contribution is 6.09. The van der Waals surface area contributed by atoms with E-state index in [0.29, 0.717) is 17.9 Å². The molecule has 0 fully saturated rings. The fraction of sp³-hybridized carbons (Fsp3) is 0.276. The Kier molecular flexibility index (Phi) is 7.15. The summed E-state index contributed by atoms with van der Waals surface area (Å²) in [6.45, 7) is 7.07. The Morgan fingerprint density at radius 2 is 1.74 bits per heavy atom. The molecule has 0 aliphatic heterocycles. The lowest BCUT2D eigenvalue weighted by molar-refractivity contribution is 0.0744. The summed E-state index contributed by atoms with van der Waals surface area (Å²) in [4.78, 5) is 14.6. The zero-order chi connectivity index (χ0) is 24.2. The molecule has 0 unspecified atom stereocenters. The van der Waals surface area contributed by atoms with E-state index in [1.807, 2.05) is 50.4 Å². The maximum absolute atomic E-state index is 12.5. The molecule has 1 aromatic heterocycles. The maximum Gasteiger partial charge on any atom is 0.162 e. The average molecular weight is 457 g/mol. The highest BCUT2D eigenvalue weighted by atomic mass is 16.5. The summed E-state index contributed by atoms with van der Waals surface area (Å²) >= 11 is 0. The molecule has 34 heavy (non-hydrogen) atoms. The highest BCUT2D eigenvalue weighted by Gasteiger charge is 2.19. The third-order valence-corrected chi connectivity index (χ3v) is 6.08. The number of aromatic nitrogens is 1. The van der Waals surface area contributed by atoms with Crippen LogP contribution in [0.2, 0.25) is 0 Å². The summed E-state index contributed by atoms with van der Waals surface area (Å²) in [5, 5.41) is 11.4. The van der Waals surface area contributed by atoms with Crippen molar-refractivity contribution < 1.29 is 14.6 Å². The maximum atomic E-state index is 12.5. The molecule has 0 bridgehead atoms. The van der Waals surface area contributed by atoms with Gasteiger partial charge in [-0.25, -0.2) is 0 Å². The number of aliphatic hydroxyl groups is 1. The first-order chi connectivity index (χ1) is 16.3. The Morgan fingerprint density at radius 3 is 2.41 bits per heavy atom. The molecular weight excluding hydrogens is 424 g/mol. The van der Waals surface area contributed by atoms with Gasteiger partial charge in [-0.3, -0.25) is 9.69 Å². The molecule has 0 aliphatic rings. The molecule has 0 radical (unpaired) electrons. The van der Waals surface area contributed by atoms with Gasteiger partial charge in [0.05, 0.1) is 5.52 Å². The summed E-state index contributed by atoms with van der Waals surface area (Å²) in [6.07, 6.45) is -0.629. The second-order valence-corrected chi connectivity index (χ2v) is 9.01. The van der Waals surface area contributed by atoms with Gasteiger partial charge in [0.2, 0.25) is 0 Å². The van der Waals surface area contributed by atoms with E-state index in [-0.39, 0.29) is 12.4 Å². The van der Waals surface area contributed by atoms with E-state index in [4.69, 9.17) is 4.74 Å². The Hall–Kier alpha value is -3.41. The molecule has 1 N–H and O–H groups in total. The van der Waals surface area contributed by atoms with Crippen molar-refractivity contribution in [3.63, 3.8) is 0 Å². The molecule has 0 amide bonds. The third kappa shape index (κ3) is 5.22.